The zero-order valence-electron chi connectivity index (χ0n) is 25.8. The van der Waals surface area contributed by atoms with Crippen LogP contribution in [-0.2, 0) is 0 Å². The Hall–Kier alpha value is -1.23. The fraction of sp³-hybridized carbons (Fsp3) is 0.909. The Morgan fingerprint density at radius 1 is 0.553 bits per heavy atom. The average Bonchev–Trinajstić information content (AvgIpc) is 3.27. The maximum Gasteiger partial charge on any atom is 0.547 e. The molecule has 0 bridgehead atoms. The predicted molar refractivity (Wildman–Crippen MR) is 162 cm³/mol. The second kappa shape index (κ2) is 23.6. The Kier molecular flexibility index (Phi) is 21.6. The third-order valence-electron chi connectivity index (χ3n) is 8.28. The third-order valence-corrected chi connectivity index (χ3v) is 8.28. The minimum absolute atomic E-state index is 0.265. The van der Waals surface area contributed by atoms with Gasteiger partial charge in [0.15, 0.2) is 5.70 Å². The molecule has 5 nitrogen and oxygen atoms in total. The number of allylic oxidation sites excluding steroid dienone is 2. The van der Waals surface area contributed by atoms with Crippen molar-refractivity contribution in [2.75, 3.05) is 6.54 Å². The molecule has 0 radical (unpaired) electrons. The number of quaternary nitrogens is 1. The van der Waals surface area contributed by atoms with Gasteiger partial charge in [-0.1, -0.05) is 154 Å². The smallest absolute Gasteiger partial charge is 0.433 e. The van der Waals surface area contributed by atoms with Crippen molar-refractivity contribution in [2.45, 2.75) is 188 Å². The first-order valence-corrected chi connectivity index (χ1v) is 16.9. The number of carbonyl (C=O) groups is 1. The molecule has 0 spiro atoms. The molecule has 0 saturated carbocycles. The summed E-state index contributed by atoms with van der Waals surface area (Å²) < 4.78 is -0.265. The molecule has 1 rings (SSSR count). The number of nitrogens with zero attached hydrogens (tertiary/aromatic N) is 3. The minimum Gasteiger partial charge on any atom is -0.433 e. The SMILES string of the molecule is CCCCCCCCCCC1=C(CCCCCCCCCC)[N+](CCCCCCCCCC)(C(=O)O)N=N1. The van der Waals surface area contributed by atoms with Crippen molar-refractivity contribution >= 4 is 6.09 Å². The van der Waals surface area contributed by atoms with E-state index in [0.717, 1.165) is 49.9 Å². The summed E-state index contributed by atoms with van der Waals surface area (Å²) in [6.07, 6.45) is 30.9. The topological polar surface area (TPSA) is 62.0 Å². The number of unbranched alkanes of at least 4 members (excludes halogenated alkanes) is 21. The van der Waals surface area contributed by atoms with Crippen LogP contribution in [0.25, 0.3) is 0 Å². The summed E-state index contributed by atoms with van der Waals surface area (Å²) in [5, 5.41) is 19.4. The fourth-order valence-corrected chi connectivity index (χ4v) is 5.74. The highest BCUT2D eigenvalue weighted by Crippen LogP contribution is 2.37. The van der Waals surface area contributed by atoms with Crippen LogP contribution in [0.2, 0.25) is 0 Å². The first-order valence-electron chi connectivity index (χ1n) is 16.9. The molecule has 0 aromatic heterocycles. The summed E-state index contributed by atoms with van der Waals surface area (Å²) in [5.41, 5.74) is 1.98. The number of hydrogen-bond acceptors (Lipinski definition) is 3. The lowest BCUT2D eigenvalue weighted by atomic mass is 10.0. The Balaban J connectivity index is 2.63. The summed E-state index contributed by atoms with van der Waals surface area (Å²) in [5.74, 6) is 0. The summed E-state index contributed by atoms with van der Waals surface area (Å²) in [6.45, 7) is 7.33. The maximum atomic E-state index is 12.6. The van der Waals surface area contributed by atoms with Gasteiger partial charge in [-0.15, -0.1) is 0 Å². The Labute approximate surface area is 236 Å². The van der Waals surface area contributed by atoms with Crippen LogP contribution in [0.4, 0.5) is 4.79 Å². The van der Waals surface area contributed by atoms with Crippen molar-refractivity contribution in [2.24, 2.45) is 10.3 Å². The summed E-state index contributed by atoms with van der Waals surface area (Å²) in [4.78, 5) is 12.6. The average molecular weight is 535 g/mol. The molecule has 1 heterocycles. The summed E-state index contributed by atoms with van der Waals surface area (Å²) >= 11 is 0. The van der Waals surface area contributed by atoms with Crippen LogP contribution in [0.5, 0.6) is 0 Å². The summed E-state index contributed by atoms with van der Waals surface area (Å²) in [6, 6.07) is 0. The maximum absolute atomic E-state index is 12.6. The van der Waals surface area contributed by atoms with Gasteiger partial charge in [0.2, 0.25) is 0 Å². The number of hydrogen-bond donors (Lipinski definition) is 1. The van der Waals surface area contributed by atoms with E-state index in [4.69, 9.17) is 0 Å². The van der Waals surface area contributed by atoms with Crippen molar-refractivity contribution in [3.63, 3.8) is 0 Å². The Morgan fingerprint density at radius 2 is 0.921 bits per heavy atom. The largest absolute Gasteiger partial charge is 0.547 e. The predicted octanol–water partition coefficient (Wildman–Crippen LogP) is 12.3. The van der Waals surface area contributed by atoms with Crippen LogP contribution >= 0.6 is 0 Å². The highest BCUT2D eigenvalue weighted by atomic mass is 16.4. The van der Waals surface area contributed by atoms with Gasteiger partial charge in [0.05, 0.1) is 0 Å². The van der Waals surface area contributed by atoms with E-state index in [1.807, 2.05) is 0 Å². The Bertz CT molecular complexity index is 646. The molecule has 0 aromatic rings. The monoisotopic (exact) mass is 534 g/mol. The normalized spacial score (nSPS) is 17.1. The van der Waals surface area contributed by atoms with Crippen LogP contribution < -0.4 is 0 Å². The van der Waals surface area contributed by atoms with Crippen molar-refractivity contribution < 1.29 is 14.5 Å². The number of carboxylic acid groups (broad SMARTS) is 1. The molecule has 1 aliphatic rings. The van der Waals surface area contributed by atoms with E-state index in [1.165, 1.54) is 128 Å². The molecule has 1 unspecified atom stereocenters. The van der Waals surface area contributed by atoms with Gasteiger partial charge in [0.1, 0.15) is 12.2 Å². The molecule has 38 heavy (non-hydrogen) atoms. The highest BCUT2D eigenvalue weighted by Gasteiger charge is 2.48. The second-order valence-electron chi connectivity index (χ2n) is 11.8. The van der Waals surface area contributed by atoms with Crippen LogP contribution in [-0.4, -0.2) is 22.3 Å². The quantitative estimate of drug-likeness (QED) is 0.0841. The van der Waals surface area contributed by atoms with Crippen molar-refractivity contribution in [1.82, 2.24) is 0 Å². The van der Waals surface area contributed by atoms with E-state index in [-0.39, 0.29) is 4.59 Å². The molecular formula is C33H64N3O2+. The first kappa shape index (κ1) is 34.8. The van der Waals surface area contributed by atoms with E-state index in [2.05, 4.69) is 31.1 Å². The zero-order chi connectivity index (χ0) is 27.7. The van der Waals surface area contributed by atoms with E-state index >= 15 is 0 Å². The van der Waals surface area contributed by atoms with Gasteiger partial charge in [0, 0.05) is 18.1 Å². The molecule has 1 aliphatic heterocycles. The zero-order valence-corrected chi connectivity index (χ0v) is 25.8. The lowest BCUT2D eigenvalue weighted by Gasteiger charge is -2.24. The molecule has 0 fully saturated rings. The molecule has 1 N–H and O–H groups in total. The van der Waals surface area contributed by atoms with Crippen molar-refractivity contribution in [3.05, 3.63) is 11.4 Å². The first-order chi connectivity index (χ1) is 18.6. The van der Waals surface area contributed by atoms with Crippen LogP contribution in [0, 0.1) is 0 Å². The molecule has 1 atom stereocenters. The highest BCUT2D eigenvalue weighted by molar-refractivity contribution is 5.58. The second-order valence-corrected chi connectivity index (χ2v) is 11.8. The van der Waals surface area contributed by atoms with Crippen LogP contribution in [0.3, 0.4) is 0 Å². The molecule has 0 aliphatic carbocycles. The molecular weight excluding hydrogens is 470 g/mol. The van der Waals surface area contributed by atoms with E-state index in [1.54, 1.807) is 0 Å². The van der Waals surface area contributed by atoms with Gasteiger partial charge in [-0.3, -0.25) is 0 Å². The van der Waals surface area contributed by atoms with E-state index < -0.39 is 6.09 Å². The van der Waals surface area contributed by atoms with E-state index in [9.17, 15) is 9.90 Å². The summed E-state index contributed by atoms with van der Waals surface area (Å²) in [7, 11) is 0. The lowest BCUT2D eigenvalue weighted by molar-refractivity contribution is -0.829. The standard InChI is InChI=1S/C33H63N3O2/c1-4-7-10-13-16-19-22-25-28-31-32(29-26-23-20-17-14-11-8-5-2)36(33(37)38,35-34-31)30-27-24-21-18-15-12-9-6-3/h4-30H2,1-3H3/p+1. The Morgan fingerprint density at radius 3 is 1.34 bits per heavy atom. The molecule has 5 heteroatoms. The molecule has 0 saturated heterocycles. The molecule has 222 valence electrons. The lowest BCUT2D eigenvalue weighted by Crippen LogP contribution is -2.45. The third kappa shape index (κ3) is 14.8. The van der Waals surface area contributed by atoms with Gasteiger partial charge in [-0.05, 0) is 30.3 Å². The fourth-order valence-electron chi connectivity index (χ4n) is 5.74. The van der Waals surface area contributed by atoms with Gasteiger partial charge in [-0.2, -0.15) is 4.79 Å². The molecule has 0 aromatic carbocycles. The molecule has 1 amide bonds. The van der Waals surface area contributed by atoms with E-state index in [0.29, 0.717) is 6.54 Å². The number of rotatable bonds is 27. The van der Waals surface area contributed by atoms with Crippen LogP contribution in [0.1, 0.15) is 188 Å². The van der Waals surface area contributed by atoms with Crippen molar-refractivity contribution in [1.29, 1.82) is 0 Å². The van der Waals surface area contributed by atoms with Gasteiger partial charge in [0.25, 0.3) is 0 Å². The van der Waals surface area contributed by atoms with Gasteiger partial charge >= 0.3 is 6.09 Å². The minimum atomic E-state index is -0.836. The van der Waals surface area contributed by atoms with Crippen LogP contribution in [0.15, 0.2) is 21.7 Å². The number of amides is 1. The van der Waals surface area contributed by atoms with Gasteiger partial charge in [-0.25, -0.2) is 0 Å². The van der Waals surface area contributed by atoms with Crippen molar-refractivity contribution in [3.8, 4) is 0 Å². The van der Waals surface area contributed by atoms with Gasteiger partial charge < -0.3 is 5.11 Å².